The summed E-state index contributed by atoms with van der Waals surface area (Å²) in [5, 5.41) is 10.3. The number of hydrogen-bond donors (Lipinski definition) is 1. The van der Waals surface area contributed by atoms with Crippen molar-refractivity contribution >= 4 is 0 Å². The smallest absolute Gasteiger partial charge is 0.0546 e. The number of allylic oxidation sites excluding steroid dienone is 2. The van der Waals surface area contributed by atoms with Gasteiger partial charge in [-0.2, -0.15) is 0 Å². The van der Waals surface area contributed by atoms with Gasteiger partial charge < -0.3 is 5.11 Å². The molecule has 0 heterocycles. The summed E-state index contributed by atoms with van der Waals surface area (Å²) >= 11 is 0. The number of aliphatic hydroxyl groups excluding tert-OH is 1. The lowest BCUT2D eigenvalue weighted by molar-refractivity contribution is -0.0814. The van der Waals surface area contributed by atoms with Crippen molar-refractivity contribution in [3.63, 3.8) is 0 Å². The molecular formula is C29H50O. The normalized spacial score (nSPS) is 47.5. The molecule has 0 aromatic rings. The lowest BCUT2D eigenvalue weighted by atomic mass is 9.46. The highest BCUT2D eigenvalue weighted by molar-refractivity contribution is 5.18. The molecule has 0 aromatic carbocycles. The fourth-order valence-electron chi connectivity index (χ4n) is 9.26. The quantitative estimate of drug-likeness (QED) is 0.438. The number of fused-ring (bicyclic) bond motifs is 5. The Labute approximate surface area is 187 Å². The standard InChI is InChI=1S/C29H50O/c1-7-21(19(2)3)9-8-20(4)25-12-13-26-24-11-10-22-18-23(30)14-16-28(22,5)27(24)15-17-29(25,26)6/h10-11,19-27,30H,7-9,12-18H2,1-6H3/t20-,21+,22-,23+,24-,25-,26-,27-,28-,29+/m0/s1. The van der Waals surface area contributed by atoms with Crippen LogP contribution in [0.25, 0.3) is 0 Å². The molecule has 1 N–H and O–H groups in total. The second-order valence-corrected chi connectivity index (χ2v) is 12.9. The van der Waals surface area contributed by atoms with Crippen molar-refractivity contribution in [3.8, 4) is 0 Å². The van der Waals surface area contributed by atoms with Crippen LogP contribution in [0.1, 0.15) is 106 Å². The average molecular weight is 415 g/mol. The number of hydrogen-bond acceptors (Lipinski definition) is 1. The number of rotatable bonds is 6. The third-order valence-corrected chi connectivity index (χ3v) is 11.4. The molecule has 0 aliphatic heterocycles. The van der Waals surface area contributed by atoms with E-state index in [0.717, 1.165) is 54.3 Å². The van der Waals surface area contributed by atoms with E-state index >= 15 is 0 Å². The van der Waals surface area contributed by atoms with Crippen LogP contribution in [-0.4, -0.2) is 11.2 Å². The van der Waals surface area contributed by atoms with Crippen molar-refractivity contribution in [1.29, 1.82) is 0 Å². The van der Waals surface area contributed by atoms with Crippen LogP contribution in [-0.2, 0) is 0 Å². The zero-order valence-electron chi connectivity index (χ0n) is 20.9. The predicted molar refractivity (Wildman–Crippen MR) is 128 cm³/mol. The highest BCUT2D eigenvalue weighted by Crippen LogP contribution is 2.67. The van der Waals surface area contributed by atoms with Gasteiger partial charge in [-0.15, -0.1) is 0 Å². The fourth-order valence-corrected chi connectivity index (χ4v) is 9.26. The van der Waals surface area contributed by atoms with Gasteiger partial charge in [0.25, 0.3) is 0 Å². The van der Waals surface area contributed by atoms with E-state index in [9.17, 15) is 5.11 Å². The first-order chi connectivity index (χ1) is 14.2. The van der Waals surface area contributed by atoms with Crippen LogP contribution in [0.5, 0.6) is 0 Å². The minimum atomic E-state index is -0.0624. The van der Waals surface area contributed by atoms with E-state index in [1.807, 2.05) is 0 Å². The van der Waals surface area contributed by atoms with E-state index in [1.54, 1.807) is 0 Å². The van der Waals surface area contributed by atoms with Gasteiger partial charge in [-0.3, -0.25) is 0 Å². The van der Waals surface area contributed by atoms with Gasteiger partial charge in [-0.25, -0.2) is 0 Å². The monoisotopic (exact) mass is 414 g/mol. The molecule has 10 atom stereocenters. The summed E-state index contributed by atoms with van der Waals surface area (Å²) in [5.74, 6) is 6.73. The van der Waals surface area contributed by atoms with Gasteiger partial charge >= 0.3 is 0 Å². The summed E-state index contributed by atoms with van der Waals surface area (Å²) in [4.78, 5) is 0. The first-order valence-electron chi connectivity index (χ1n) is 13.6. The molecule has 4 aliphatic rings. The summed E-state index contributed by atoms with van der Waals surface area (Å²) in [7, 11) is 0. The van der Waals surface area contributed by atoms with Crippen molar-refractivity contribution in [2.45, 2.75) is 112 Å². The minimum absolute atomic E-state index is 0.0624. The van der Waals surface area contributed by atoms with Crippen LogP contribution in [0.3, 0.4) is 0 Å². The molecule has 1 heteroatoms. The molecule has 0 unspecified atom stereocenters. The number of aliphatic hydroxyl groups is 1. The zero-order valence-corrected chi connectivity index (χ0v) is 20.9. The third-order valence-electron chi connectivity index (χ3n) is 11.4. The Balaban J connectivity index is 1.48. The van der Waals surface area contributed by atoms with E-state index in [1.165, 1.54) is 51.4 Å². The molecule has 3 saturated carbocycles. The summed E-state index contributed by atoms with van der Waals surface area (Å²) in [5.41, 5.74) is 0.997. The van der Waals surface area contributed by atoms with E-state index in [0.29, 0.717) is 16.7 Å². The van der Waals surface area contributed by atoms with Gasteiger partial charge in [0, 0.05) is 0 Å². The lowest BCUT2D eigenvalue weighted by Gasteiger charge is -2.59. The van der Waals surface area contributed by atoms with Crippen LogP contribution in [0.2, 0.25) is 0 Å². The summed E-state index contributed by atoms with van der Waals surface area (Å²) < 4.78 is 0. The van der Waals surface area contributed by atoms with Crippen molar-refractivity contribution in [3.05, 3.63) is 12.2 Å². The first-order valence-corrected chi connectivity index (χ1v) is 13.6. The molecule has 1 nitrogen and oxygen atoms in total. The molecule has 4 rings (SSSR count). The topological polar surface area (TPSA) is 20.2 Å². The Morgan fingerprint density at radius 2 is 1.60 bits per heavy atom. The van der Waals surface area contributed by atoms with E-state index in [4.69, 9.17) is 0 Å². The van der Waals surface area contributed by atoms with Crippen LogP contribution in [0, 0.1) is 58.2 Å². The molecule has 0 radical (unpaired) electrons. The van der Waals surface area contributed by atoms with Gasteiger partial charge in [-0.1, -0.05) is 66.5 Å². The molecule has 30 heavy (non-hydrogen) atoms. The predicted octanol–water partition coefficient (Wildman–Crippen LogP) is 7.88. The van der Waals surface area contributed by atoms with Crippen LogP contribution in [0.4, 0.5) is 0 Å². The molecule has 3 fully saturated rings. The molecule has 0 saturated heterocycles. The van der Waals surface area contributed by atoms with Crippen molar-refractivity contribution in [2.24, 2.45) is 58.2 Å². The molecule has 0 spiro atoms. The molecule has 0 aromatic heterocycles. The van der Waals surface area contributed by atoms with Gasteiger partial charge in [0.2, 0.25) is 0 Å². The summed E-state index contributed by atoms with van der Waals surface area (Å²) in [6, 6.07) is 0. The van der Waals surface area contributed by atoms with Gasteiger partial charge in [-0.05, 0) is 110 Å². The van der Waals surface area contributed by atoms with E-state index in [-0.39, 0.29) is 6.10 Å². The lowest BCUT2D eigenvalue weighted by Crippen LogP contribution is -2.52. The Morgan fingerprint density at radius 3 is 2.30 bits per heavy atom. The van der Waals surface area contributed by atoms with Gasteiger partial charge in [0.05, 0.1) is 6.10 Å². The Bertz CT molecular complexity index is 622. The van der Waals surface area contributed by atoms with Crippen molar-refractivity contribution in [1.82, 2.24) is 0 Å². The average Bonchev–Trinajstić information content (AvgIpc) is 3.06. The Morgan fingerprint density at radius 1 is 0.900 bits per heavy atom. The molecule has 4 aliphatic carbocycles. The Kier molecular flexibility index (Phi) is 6.53. The molecular weight excluding hydrogens is 364 g/mol. The molecule has 0 amide bonds. The first kappa shape index (κ1) is 22.9. The van der Waals surface area contributed by atoms with Crippen molar-refractivity contribution in [2.75, 3.05) is 0 Å². The fraction of sp³-hybridized carbons (Fsp3) is 0.931. The van der Waals surface area contributed by atoms with Gasteiger partial charge in [0.15, 0.2) is 0 Å². The second-order valence-electron chi connectivity index (χ2n) is 12.9. The zero-order chi connectivity index (χ0) is 21.7. The van der Waals surface area contributed by atoms with E-state index < -0.39 is 0 Å². The maximum absolute atomic E-state index is 10.3. The molecule has 0 bridgehead atoms. The third kappa shape index (κ3) is 3.74. The summed E-state index contributed by atoms with van der Waals surface area (Å²) in [6.45, 7) is 15.1. The minimum Gasteiger partial charge on any atom is -0.393 e. The summed E-state index contributed by atoms with van der Waals surface area (Å²) in [6.07, 6.45) is 18.4. The Hall–Kier alpha value is -0.300. The van der Waals surface area contributed by atoms with Crippen molar-refractivity contribution < 1.29 is 5.11 Å². The maximum atomic E-state index is 10.3. The SMILES string of the molecule is CC[C@H](CC[C@H](C)[C@@H]1CC[C@H]2[C@@H]3C=C[C@H]4C[C@H](O)CC[C@]4(C)[C@H]3CC[C@@]21C)C(C)C. The maximum Gasteiger partial charge on any atom is 0.0546 e. The van der Waals surface area contributed by atoms with Crippen LogP contribution in [0.15, 0.2) is 12.2 Å². The van der Waals surface area contributed by atoms with Gasteiger partial charge in [0.1, 0.15) is 0 Å². The van der Waals surface area contributed by atoms with E-state index in [2.05, 4.69) is 53.7 Å². The van der Waals surface area contributed by atoms with Crippen LogP contribution < -0.4 is 0 Å². The highest BCUT2D eigenvalue weighted by Gasteiger charge is 2.59. The second kappa shape index (κ2) is 8.57. The van der Waals surface area contributed by atoms with Crippen LogP contribution >= 0.6 is 0 Å². The largest absolute Gasteiger partial charge is 0.393 e. The highest BCUT2D eigenvalue weighted by atomic mass is 16.3. The molecule has 172 valence electrons.